The van der Waals surface area contributed by atoms with E-state index < -0.39 is 5.41 Å². The molecule has 16 heavy (non-hydrogen) atoms. The molecule has 0 aromatic rings. The van der Waals surface area contributed by atoms with Gasteiger partial charge in [0, 0.05) is 11.9 Å². The first-order valence-corrected chi connectivity index (χ1v) is 6.90. The predicted octanol–water partition coefficient (Wildman–Crippen LogP) is 3.34. The Labute approximate surface area is 104 Å². The van der Waals surface area contributed by atoms with Crippen LogP contribution >= 0.6 is 11.6 Å². The second kappa shape index (κ2) is 5.90. The molecule has 1 amide bonds. The molecule has 0 saturated heterocycles. The number of carbonyl (C=O) groups is 1. The third-order valence-electron chi connectivity index (χ3n) is 3.71. The molecule has 94 valence electrons. The van der Waals surface area contributed by atoms with Crippen LogP contribution in [0.4, 0.5) is 0 Å². The van der Waals surface area contributed by atoms with Crippen LogP contribution in [0.3, 0.4) is 0 Å². The molecule has 0 spiro atoms. The van der Waals surface area contributed by atoms with E-state index in [1.165, 1.54) is 19.3 Å². The minimum Gasteiger partial charge on any atom is -0.353 e. The number of carbonyl (C=O) groups excluding carboxylic acids is 1. The molecule has 1 rings (SSSR count). The minimum atomic E-state index is -0.441. The van der Waals surface area contributed by atoms with Crippen molar-refractivity contribution in [2.75, 3.05) is 5.88 Å². The van der Waals surface area contributed by atoms with Gasteiger partial charge in [0.15, 0.2) is 0 Å². The molecular formula is C13H24ClNO. The number of hydrogen-bond acceptors (Lipinski definition) is 1. The summed E-state index contributed by atoms with van der Waals surface area (Å²) in [6.45, 7) is 6.04. The fraction of sp³-hybridized carbons (Fsp3) is 0.923. The van der Waals surface area contributed by atoms with E-state index in [1.807, 2.05) is 13.8 Å². The second-order valence-corrected chi connectivity index (χ2v) is 5.88. The van der Waals surface area contributed by atoms with Gasteiger partial charge in [-0.3, -0.25) is 4.79 Å². The van der Waals surface area contributed by atoms with Crippen LogP contribution in [0.25, 0.3) is 0 Å². The van der Waals surface area contributed by atoms with Crippen molar-refractivity contribution in [1.29, 1.82) is 0 Å². The lowest BCUT2D eigenvalue weighted by Gasteiger charge is -2.31. The molecule has 0 radical (unpaired) electrons. The first-order valence-electron chi connectivity index (χ1n) is 6.36. The summed E-state index contributed by atoms with van der Waals surface area (Å²) in [5, 5.41) is 3.13. The number of rotatable bonds is 4. The molecule has 0 aliphatic heterocycles. The van der Waals surface area contributed by atoms with Crippen LogP contribution in [0.2, 0.25) is 0 Å². The van der Waals surface area contributed by atoms with Crippen LogP contribution in [-0.2, 0) is 4.79 Å². The van der Waals surface area contributed by atoms with Crippen LogP contribution in [0.1, 0.15) is 52.9 Å². The zero-order valence-corrected chi connectivity index (χ0v) is 11.4. The van der Waals surface area contributed by atoms with Gasteiger partial charge < -0.3 is 5.32 Å². The third-order valence-corrected chi connectivity index (χ3v) is 4.38. The summed E-state index contributed by atoms with van der Waals surface area (Å²) >= 11 is 5.79. The smallest absolute Gasteiger partial charge is 0.227 e. The Bertz CT molecular complexity index is 232. The Morgan fingerprint density at radius 2 is 1.88 bits per heavy atom. The molecule has 0 atom stereocenters. The molecule has 0 unspecified atom stereocenters. The molecule has 0 heterocycles. The van der Waals surface area contributed by atoms with E-state index in [0.717, 1.165) is 18.8 Å². The zero-order chi connectivity index (χ0) is 12.2. The summed E-state index contributed by atoms with van der Waals surface area (Å²) in [6, 6.07) is 0.373. The SMILES string of the molecule is CCC1CCC(NC(=O)C(C)(C)CCl)CC1. The molecule has 1 fully saturated rings. The van der Waals surface area contributed by atoms with E-state index in [9.17, 15) is 4.79 Å². The highest BCUT2D eigenvalue weighted by Gasteiger charge is 2.29. The highest BCUT2D eigenvalue weighted by Crippen LogP contribution is 2.27. The topological polar surface area (TPSA) is 29.1 Å². The first-order chi connectivity index (χ1) is 7.49. The molecule has 1 saturated carbocycles. The zero-order valence-electron chi connectivity index (χ0n) is 10.7. The number of halogens is 1. The van der Waals surface area contributed by atoms with Gasteiger partial charge in [0.2, 0.25) is 5.91 Å². The Morgan fingerprint density at radius 3 is 2.31 bits per heavy atom. The van der Waals surface area contributed by atoms with Gasteiger partial charge in [-0.05, 0) is 45.4 Å². The molecule has 0 bridgehead atoms. The summed E-state index contributed by atoms with van der Waals surface area (Å²) in [5.74, 6) is 1.35. The Morgan fingerprint density at radius 1 is 1.31 bits per heavy atom. The molecular weight excluding hydrogens is 222 g/mol. The van der Waals surface area contributed by atoms with Gasteiger partial charge in [-0.1, -0.05) is 13.3 Å². The fourth-order valence-electron chi connectivity index (χ4n) is 2.16. The highest BCUT2D eigenvalue weighted by molar-refractivity contribution is 6.19. The summed E-state index contributed by atoms with van der Waals surface area (Å²) in [4.78, 5) is 11.9. The number of alkyl halides is 1. The number of amides is 1. The van der Waals surface area contributed by atoms with Crippen LogP contribution in [0.5, 0.6) is 0 Å². The van der Waals surface area contributed by atoms with Gasteiger partial charge in [-0.15, -0.1) is 11.6 Å². The van der Waals surface area contributed by atoms with E-state index in [0.29, 0.717) is 11.9 Å². The van der Waals surface area contributed by atoms with Gasteiger partial charge in [0.05, 0.1) is 5.41 Å². The van der Waals surface area contributed by atoms with Crippen molar-refractivity contribution in [1.82, 2.24) is 5.32 Å². The summed E-state index contributed by atoms with van der Waals surface area (Å²) < 4.78 is 0. The Hall–Kier alpha value is -0.240. The number of hydrogen-bond donors (Lipinski definition) is 1. The van der Waals surface area contributed by atoms with E-state index in [-0.39, 0.29) is 5.91 Å². The van der Waals surface area contributed by atoms with Crippen LogP contribution in [0.15, 0.2) is 0 Å². The highest BCUT2D eigenvalue weighted by atomic mass is 35.5. The normalized spacial score (nSPS) is 26.5. The lowest BCUT2D eigenvalue weighted by molar-refractivity contribution is -0.129. The van der Waals surface area contributed by atoms with Crippen LogP contribution in [-0.4, -0.2) is 17.8 Å². The maximum Gasteiger partial charge on any atom is 0.227 e. The number of nitrogens with one attached hydrogen (secondary N) is 1. The molecule has 0 aromatic carbocycles. The maximum absolute atomic E-state index is 11.9. The Kier molecular flexibility index (Phi) is 5.10. The Balaban J connectivity index is 2.36. The van der Waals surface area contributed by atoms with Crippen molar-refractivity contribution < 1.29 is 4.79 Å². The van der Waals surface area contributed by atoms with Gasteiger partial charge in [-0.25, -0.2) is 0 Å². The van der Waals surface area contributed by atoms with Gasteiger partial charge >= 0.3 is 0 Å². The molecule has 1 N–H and O–H groups in total. The summed E-state index contributed by atoms with van der Waals surface area (Å²) in [7, 11) is 0. The molecule has 2 nitrogen and oxygen atoms in total. The largest absolute Gasteiger partial charge is 0.353 e. The van der Waals surface area contributed by atoms with Crippen molar-refractivity contribution in [2.45, 2.75) is 58.9 Å². The second-order valence-electron chi connectivity index (χ2n) is 5.62. The fourth-order valence-corrected chi connectivity index (χ4v) is 2.28. The van der Waals surface area contributed by atoms with Crippen molar-refractivity contribution in [3.8, 4) is 0 Å². The van der Waals surface area contributed by atoms with Gasteiger partial charge in [0.25, 0.3) is 0 Å². The quantitative estimate of drug-likeness (QED) is 0.757. The first kappa shape index (κ1) is 13.8. The monoisotopic (exact) mass is 245 g/mol. The van der Waals surface area contributed by atoms with E-state index in [2.05, 4.69) is 12.2 Å². The predicted molar refractivity (Wildman–Crippen MR) is 68.7 cm³/mol. The average Bonchev–Trinajstić information content (AvgIpc) is 2.30. The standard InChI is InChI=1S/C13H24ClNO/c1-4-10-5-7-11(8-6-10)15-12(16)13(2,3)9-14/h10-11H,4-9H2,1-3H3,(H,15,16). The summed E-state index contributed by atoms with van der Waals surface area (Å²) in [5.41, 5.74) is -0.441. The molecule has 3 heteroatoms. The van der Waals surface area contributed by atoms with Crippen molar-refractivity contribution in [3.63, 3.8) is 0 Å². The van der Waals surface area contributed by atoms with E-state index in [4.69, 9.17) is 11.6 Å². The lowest BCUT2D eigenvalue weighted by Crippen LogP contribution is -2.45. The van der Waals surface area contributed by atoms with E-state index in [1.54, 1.807) is 0 Å². The minimum absolute atomic E-state index is 0.0995. The maximum atomic E-state index is 11.9. The average molecular weight is 246 g/mol. The van der Waals surface area contributed by atoms with Gasteiger partial charge in [-0.2, -0.15) is 0 Å². The lowest BCUT2D eigenvalue weighted by atomic mass is 9.84. The molecule has 1 aliphatic rings. The van der Waals surface area contributed by atoms with Crippen molar-refractivity contribution >= 4 is 17.5 Å². The van der Waals surface area contributed by atoms with Crippen molar-refractivity contribution in [2.24, 2.45) is 11.3 Å². The van der Waals surface area contributed by atoms with Crippen LogP contribution < -0.4 is 5.32 Å². The molecule has 1 aliphatic carbocycles. The van der Waals surface area contributed by atoms with Gasteiger partial charge in [0.1, 0.15) is 0 Å². The van der Waals surface area contributed by atoms with Crippen molar-refractivity contribution in [3.05, 3.63) is 0 Å². The molecule has 0 aromatic heterocycles. The van der Waals surface area contributed by atoms with Crippen LogP contribution in [0, 0.1) is 11.3 Å². The third kappa shape index (κ3) is 3.65. The summed E-state index contributed by atoms with van der Waals surface area (Å²) in [6.07, 6.45) is 6.03. The van der Waals surface area contributed by atoms with E-state index >= 15 is 0 Å².